The van der Waals surface area contributed by atoms with E-state index in [9.17, 15) is 4.79 Å². The Morgan fingerprint density at radius 2 is 1.50 bits per heavy atom. The number of amides is 1. The van der Waals surface area contributed by atoms with Crippen LogP contribution in [0.4, 0.5) is 4.79 Å². The third kappa shape index (κ3) is 6.15. The third-order valence-corrected chi connectivity index (χ3v) is 4.07. The number of carbonyl (C=O) groups is 1. The number of carbonyl (C=O) groups excluding carboxylic acids is 1. The van der Waals surface area contributed by atoms with E-state index >= 15 is 0 Å². The van der Waals surface area contributed by atoms with E-state index in [1.807, 2.05) is 53.4 Å². The molecule has 2 rings (SSSR count). The Hall–Kier alpha value is -0.770. The number of likely N-dealkylation sites (tertiary alicyclic amines) is 2. The van der Waals surface area contributed by atoms with Crippen molar-refractivity contribution >= 4 is 6.09 Å². The van der Waals surface area contributed by atoms with Crippen LogP contribution in [-0.4, -0.2) is 54.2 Å². The summed E-state index contributed by atoms with van der Waals surface area (Å²) in [7, 11) is 0. The molecule has 22 heavy (non-hydrogen) atoms. The van der Waals surface area contributed by atoms with Crippen LogP contribution < -0.4 is 0 Å². The van der Waals surface area contributed by atoms with Crippen molar-refractivity contribution in [3.8, 4) is 0 Å². The van der Waals surface area contributed by atoms with E-state index in [-0.39, 0.29) is 11.7 Å². The standard InChI is InChI=1S/C14H26N2O2.2C2H6/c1-5-15-8-6-14(7-9-15)10-16(11-14)12(17)18-13(2,3)4;2*1-2/h5-11H2,1-4H3;2*1-2H3. The molecule has 0 aromatic carbocycles. The molecule has 1 spiro atoms. The minimum atomic E-state index is -0.384. The summed E-state index contributed by atoms with van der Waals surface area (Å²) in [5.41, 5.74) is 0.00792. The molecule has 1 amide bonds. The van der Waals surface area contributed by atoms with Crippen molar-refractivity contribution in [2.75, 3.05) is 32.7 Å². The van der Waals surface area contributed by atoms with Crippen LogP contribution in [-0.2, 0) is 4.74 Å². The van der Waals surface area contributed by atoms with E-state index in [2.05, 4.69) is 11.8 Å². The van der Waals surface area contributed by atoms with Crippen molar-refractivity contribution in [1.29, 1.82) is 0 Å². The molecular weight excluding hydrogens is 276 g/mol. The fourth-order valence-electron chi connectivity index (χ4n) is 2.88. The molecule has 0 aromatic rings. The molecule has 0 aliphatic carbocycles. The van der Waals surface area contributed by atoms with Crippen LogP contribution in [0.2, 0.25) is 0 Å². The van der Waals surface area contributed by atoms with Crippen LogP contribution in [0.25, 0.3) is 0 Å². The molecule has 0 bridgehead atoms. The Labute approximate surface area is 138 Å². The summed E-state index contributed by atoms with van der Waals surface area (Å²) in [6.07, 6.45) is 2.30. The van der Waals surface area contributed by atoms with E-state index < -0.39 is 0 Å². The zero-order valence-corrected chi connectivity index (χ0v) is 16.2. The van der Waals surface area contributed by atoms with Gasteiger partial charge >= 0.3 is 6.09 Å². The monoisotopic (exact) mass is 314 g/mol. The first kappa shape index (κ1) is 21.2. The number of rotatable bonds is 1. The van der Waals surface area contributed by atoms with Gasteiger partial charge in [0, 0.05) is 18.5 Å². The maximum Gasteiger partial charge on any atom is 0.410 e. The lowest BCUT2D eigenvalue weighted by atomic mass is 9.72. The lowest BCUT2D eigenvalue weighted by molar-refractivity contribution is -0.0587. The van der Waals surface area contributed by atoms with Gasteiger partial charge in [-0.3, -0.25) is 0 Å². The molecule has 4 heteroatoms. The number of hydrogen-bond donors (Lipinski definition) is 0. The highest BCUT2D eigenvalue weighted by Crippen LogP contribution is 2.40. The summed E-state index contributed by atoms with van der Waals surface area (Å²) >= 11 is 0. The molecule has 2 aliphatic rings. The van der Waals surface area contributed by atoms with E-state index in [1.165, 1.54) is 25.9 Å². The van der Waals surface area contributed by atoms with E-state index in [0.29, 0.717) is 5.41 Å². The number of nitrogens with zero attached hydrogens (tertiary/aromatic N) is 2. The molecule has 2 heterocycles. The Bertz CT molecular complexity index is 308. The van der Waals surface area contributed by atoms with E-state index in [0.717, 1.165) is 19.6 Å². The van der Waals surface area contributed by atoms with Gasteiger partial charge in [0.15, 0.2) is 0 Å². The lowest BCUT2D eigenvalue weighted by Gasteiger charge is -2.53. The maximum atomic E-state index is 11.9. The van der Waals surface area contributed by atoms with Crippen LogP contribution >= 0.6 is 0 Å². The van der Waals surface area contributed by atoms with Gasteiger partial charge < -0.3 is 14.5 Å². The molecule has 0 N–H and O–H groups in total. The van der Waals surface area contributed by atoms with Gasteiger partial charge in [-0.05, 0) is 53.2 Å². The Morgan fingerprint density at radius 3 is 1.86 bits per heavy atom. The minimum Gasteiger partial charge on any atom is -0.444 e. The van der Waals surface area contributed by atoms with Crippen LogP contribution in [0.15, 0.2) is 0 Å². The summed E-state index contributed by atoms with van der Waals surface area (Å²) in [6.45, 7) is 21.2. The quantitative estimate of drug-likeness (QED) is 0.719. The second-order valence-corrected chi connectivity index (χ2v) is 6.77. The predicted molar refractivity (Wildman–Crippen MR) is 94.3 cm³/mol. The highest BCUT2D eigenvalue weighted by Gasteiger charge is 2.47. The molecule has 0 saturated carbocycles. The summed E-state index contributed by atoms with van der Waals surface area (Å²) < 4.78 is 5.39. The molecule has 0 aromatic heterocycles. The van der Waals surface area contributed by atoms with Gasteiger partial charge in [0.25, 0.3) is 0 Å². The molecule has 2 fully saturated rings. The molecule has 2 aliphatic heterocycles. The summed E-state index contributed by atoms with van der Waals surface area (Å²) in [4.78, 5) is 16.2. The zero-order valence-electron chi connectivity index (χ0n) is 16.2. The molecule has 132 valence electrons. The van der Waals surface area contributed by atoms with Crippen molar-refractivity contribution in [2.24, 2.45) is 5.41 Å². The number of piperidine rings is 1. The first-order valence-electron chi connectivity index (χ1n) is 9.04. The summed E-state index contributed by atoms with van der Waals surface area (Å²) in [6, 6.07) is 0. The third-order valence-electron chi connectivity index (χ3n) is 4.07. The summed E-state index contributed by atoms with van der Waals surface area (Å²) in [5.74, 6) is 0. The van der Waals surface area contributed by atoms with Gasteiger partial charge in [-0.1, -0.05) is 34.6 Å². The second-order valence-electron chi connectivity index (χ2n) is 6.77. The average Bonchev–Trinajstić information content (AvgIpc) is 2.47. The number of ether oxygens (including phenoxy) is 1. The predicted octanol–water partition coefficient (Wildman–Crippen LogP) is 4.39. The molecule has 0 unspecified atom stereocenters. The topological polar surface area (TPSA) is 32.8 Å². The van der Waals surface area contributed by atoms with Crippen molar-refractivity contribution in [2.45, 2.75) is 73.8 Å². The molecule has 0 radical (unpaired) electrons. The highest BCUT2D eigenvalue weighted by molar-refractivity contribution is 5.69. The zero-order chi connectivity index (χ0) is 17.4. The Balaban J connectivity index is 0.00000102. The Kier molecular flexibility index (Phi) is 9.06. The van der Waals surface area contributed by atoms with E-state index in [4.69, 9.17) is 4.74 Å². The van der Waals surface area contributed by atoms with Crippen LogP contribution in [0.5, 0.6) is 0 Å². The normalized spacial score (nSPS) is 20.1. The first-order valence-corrected chi connectivity index (χ1v) is 9.04. The first-order chi connectivity index (χ1) is 10.3. The second kappa shape index (κ2) is 9.39. The molecule has 4 nitrogen and oxygen atoms in total. The van der Waals surface area contributed by atoms with Crippen LogP contribution in [0, 0.1) is 5.41 Å². The van der Waals surface area contributed by atoms with Crippen LogP contribution in [0.1, 0.15) is 68.2 Å². The molecule has 2 saturated heterocycles. The molecule has 0 atom stereocenters. The van der Waals surface area contributed by atoms with Crippen molar-refractivity contribution in [3.05, 3.63) is 0 Å². The van der Waals surface area contributed by atoms with Gasteiger partial charge in [0.1, 0.15) is 5.60 Å². The minimum absolute atomic E-state index is 0.147. The Morgan fingerprint density at radius 1 is 1.05 bits per heavy atom. The van der Waals surface area contributed by atoms with Gasteiger partial charge in [0.05, 0.1) is 0 Å². The van der Waals surface area contributed by atoms with Gasteiger partial charge in [-0.25, -0.2) is 4.79 Å². The number of hydrogen-bond acceptors (Lipinski definition) is 3. The van der Waals surface area contributed by atoms with E-state index in [1.54, 1.807) is 0 Å². The van der Waals surface area contributed by atoms with Gasteiger partial charge in [-0.2, -0.15) is 0 Å². The fraction of sp³-hybridized carbons (Fsp3) is 0.944. The van der Waals surface area contributed by atoms with Gasteiger partial charge in [0.2, 0.25) is 0 Å². The average molecular weight is 315 g/mol. The SMILES string of the molecule is CC.CC.CCN1CCC2(CC1)CN(C(=O)OC(C)(C)C)C2. The van der Waals surface area contributed by atoms with Gasteiger partial charge in [-0.15, -0.1) is 0 Å². The fourth-order valence-corrected chi connectivity index (χ4v) is 2.88. The summed E-state index contributed by atoms with van der Waals surface area (Å²) in [5, 5.41) is 0. The van der Waals surface area contributed by atoms with Crippen molar-refractivity contribution in [1.82, 2.24) is 9.80 Å². The maximum absolute atomic E-state index is 11.9. The lowest BCUT2D eigenvalue weighted by Crippen LogP contribution is -2.62. The van der Waals surface area contributed by atoms with Crippen LogP contribution in [0.3, 0.4) is 0 Å². The van der Waals surface area contributed by atoms with Crippen molar-refractivity contribution < 1.29 is 9.53 Å². The molecular formula is C18H38N2O2. The van der Waals surface area contributed by atoms with Crippen molar-refractivity contribution in [3.63, 3.8) is 0 Å². The highest BCUT2D eigenvalue weighted by atomic mass is 16.6. The smallest absolute Gasteiger partial charge is 0.410 e. The largest absolute Gasteiger partial charge is 0.444 e.